The van der Waals surface area contributed by atoms with Crippen molar-refractivity contribution in [3.63, 3.8) is 0 Å². The molecular formula is C19H25N3O3. The van der Waals surface area contributed by atoms with E-state index in [1.807, 2.05) is 18.2 Å². The van der Waals surface area contributed by atoms with Gasteiger partial charge in [-0.2, -0.15) is 0 Å². The average Bonchev–Trinajstić information content (AvgIpc) is 3.33. The first kappa shape index (κ1) is 16.4. The van der Waals surface area contributed by atoms with Gasteiger partial charge >= 0.3 is 5.97 Å². The van der Waals surface area contributed by atoms with Gasteiger partial charge in [-0.15, -0.1) is 0 Å². The summed E-state index contributed by atoms with van der Waals surface area (Å²) in [5.41, 5.74) is 0. The van der Waals surface area contributed by atoms with E-state index in [1.165, 1.54) is 0 Å². The van der Waals surface area contributed by atoms with Crippen LogP contribution in [0, 0.1) is 23.7 Å². The number of anilines is 1. The van der Waals surface area contributed by atoms with Crippen LogP contribution in [0.15, 0.2) is 24.4 Å². The smallest absolute Gasteiger partial charge is 0.306 e. The number of carbonyl (C=O) groups is 2. The van der Waals surface area contributed by atoms with E-state index in [9.17, 15) is 14.7 Å². The van der Waals surface area contributed by atoms with E-state index in [4.69, 9.17) is 0 Å². The van der Waals surface area contributed by atoms with Crippen LogP contribution in [-0.2, 0) is 9.59 Å². The Bertz CT molecular complexity index is 643. The fourth-order valence-corrected chi connectivity index (χ4v) is 4.69. The standard InChI is InChI=1S/C19H25N3O3/c23-18(22-16-10-15(19(24)25)13-9-14(13)16)11-4-6-12(7-5-11)21-17-3-1-2-8-20-17/h1-3,8,11-16H,4-7,9-10H2,(H,20,21)(H,22,23)(H,24,25)/t11?,12?,13-,14+,15-,16+/m1/s1. The molecule has 6 nitrogen and oxygen atoms in total. The maximum absolute atomic E-state index is 12.6. The number of aliphatic carboxylic acids is 1. The monoisotopic (exact) mass is 343 g/mol. The molecule has 134 valence electrons. The van der Waals surface area contributed by atoms with E-state index in [1.54, 1.807) is 6.20 Å². The first-order chi connectivity index (χ1) is 12.1. The van der Waals surface area contributed by atoms with E-state index in [0.29, 0.717) is 24.3 Å². The first-order valence-corrected chi connectivity index (χ1v) is 9.32. The highest BCUT2D eigenvalue weighted by Gasteiger charge is 2.57. The summed E-state index contributed by atoms with van der Waals surface area (Å²) in [5.74, 6) is 0.800. The Morgan fingerprint density at radius 3 is 2.52 bits per heavy atom. The Morgan fingerprint density at radius 1 is 1.08 bits per heavy atom. The van der Waals surface area contributed by atoms with E-state index in [-0.39, 0.29) is 23.8 Å². The van der Waals surface area contributed by atoms with Crippen molar-refractivity contribution in [1.29, 1.82) is 0 Å². The van der Waals surface area contributed by atoms with Crippen molar-refractivity contribution in [1.82, 2.24) is 10.3 Å². The van der Waals surface area contributed by atoms with Gasteiger partial charge in [0.15, 0.2) is 0 Å². The molecule has 4 atom stereocenters. The number of nitrogens with zero attached hydrogens (tertiary/aromatic N) is 1. The molecule has 0 aliphatic heterocycles. The molecule has 0 aromatic carbocycles. The first-order valence-electron chi connectivity index (χ1n) is 9.32. The molecule has 0 radical (unpaired) electrons. The summed E-state index contributed by atoms with van der Waals surface area (Å²) in [5, 5.41) is 15.8. The van der Waals surface area contributed by atoms with Gasteiger partial charge in [0.1, 0.15) is 5.82 Å². The van der Waals surface area contributed by atoms with Gasteiger partial charge in [0.05, 0.1) is 5.92 Å². The van der Waals surface area contributed by atoms with Crippen molar-refractivity contribution in [3.8, 4) is 0 Å². The summed E-state index contributed by atoms with van der Waals surface area (Å²) in [7, 11) is 0. The second-order valence-corrected chi connectivity index (χ2v) is 7.77. The van der Waals surface area contributed by atoms with Crippen LogP contribution >= 0.6 is 0 Å². The predicted octanol–water partition coefficient (Wildman–Crippen LogP) is 2.28. The molecule has 6 heteroatoms. The molecular weight excluding hydrogens is 318 g/mol. The van der Waals surface area contributed by atoms with Gasteiger partial charge < -0.3 is 15.7 Å². The van der Waals surface area contributed by atoms with Gasteiger partial charge in [-0.25, -0.2) is 4.98 Å². The summed E-state index contributed by atoms with van der Waals surface area (Å²) >= 11 is 0. The van der Waals surface area contributed by atoms with Crippen molar-refractivity contribution in [3.05, 3.63) is 24.4 Å². The summed E-state index contributed by atoms with van der Waals surface area (Å²) in [6.45, 7) is 0. The minimum absolute atomic E-state index is 0.0582. The van der Waals surface area contributed by atoms with Crippen LogP contribution in [0.4, 0.5) is 5.82 Å². The molecule has 3 fully saturated rings. The van der Waals surface area contributed by atoms with Crippen LogP contribution in [-0.4, -0.2) is 34.1 Å². The largest absolute Gasteiger partial charge is 0.481 e. The molecule has 4 rings (SSSR count). The molecule has 25 heavy (non-hydrogen) atoms. The van der Waals surface area contributed by atoms with Gasteiger partial charge in [0.25, 0.3) is 0 Å². The van der Waals surface area contributed by atoms with Gasteiger partial charge in [0, 0.05) is 24.2 Å². The Morgan fingerprint density at radius 2 is 1.88 bits per heavy atom. The molecule has 1 amide bonds. The lowest BCUT2D eigenvalue weighted by Crippen LogP contribution is -2.41. The van der Waals surface area contributed by atoms with Crippen LogP contribution in [0.3, 0.4) is 0 Å². The van der Waals surface area contributed by atoms with Crippen molar-refractivity contribution in [2.75, 3.05) is 5.32 Å². The number of pyridine rings is 1. The number of carbonyl (C=O) groups excluding carboxylic acids is 1. The van der Waals surface area contributed by atoms with E-state index in [0.717, 1.165) is 37.9 Å². The van der Waals surface area contributed by atoms with E-state index >= 15 is 0 Å². The lowest BCUT2D eigenvalue weighted by atomic mass is 9.85. The quantitative estimate of drug-likeness (QED) is 0.763. The van der Waals surface area contributed by atoms with Crippen LogP contribution < -0.4 is 10.6 Å². The minimum Gasteiger partial charge on any atom is -0.481 e. The maximum Gasteiger partial charge on any atom is 0.306 e. The highest BCUT2D eigenvalue weighted by molar-refractivity contribution is 5.79. The van der Waals surface area contributed by atoms with Gasteiger partial charge in [-0.05, 0) is 62.5 Å². The molecule has 1 aromatic rings. The van der Waals surface area contributed by atoms with Crippen LogP contribution in [0.2, 0.25) is 0 Å². The molecule has 1 heterocycles. The zero-order chi connectivity index (χ0) is 17.4. The fourth-order valence-electron chi connectivity index (χ4n) is 4.69. The number of carboxylic acids is 1. The number of hydrogen-bond acceptors (Lipinski definition) is 4. The number of amides is 1. The molecule has 0 bridgehead atoms. The molecule has 3 aliphatic rings. The van der Waals surface area contributed by atoms with Crippen molar-refractivity contribution in [2.45, 2.75) is 50.6 Å². The number of hydrogen-bond donors (Lipinski definition) is 3. The second-order valence-electron chi connectivity index (χ2n) is 7.77. The van der Waals surface area contributed by atoms with E-state index < -0.39 is 5.97 Å². The number of aromatic nitrogens is 1. The SMILES string of the molecule is O=C(N[C@H]1C[C@@H](C(=O)O)[C@@H]2C[C@@H]21)C1CCC(Nc2ccccn2)CC1. The molecule has 3 saturated carbocycles. The Labute approximate surface area is 147 Å². The Hall–Kier alpha value is -2.11. The lowest BCUT2D eigenvalue weighted by Gasteiger charge is -2.29. The topological polar surface area (TPSA) is 91.3 Å². The zero-order valence-electron chi connectivity index (χ0n) is 14.2. The van der Waals surface area contributed by atoms with Crippen LogP contribution in [0.1, 0.15) is 38.5 Å². The van der Waals surface area contributed by atoms with Crippen LogP contribution in [0.25, 0.3) is 0 Å². The fraction of sp³-hybridized carbons (Fsp3) is 0.632. The lowest BCUT2D eigenvalue weighted by molar-refractivity contribution is -0.142. The maximum atomic E-state index is 12.6. The number of rotatable bonds is 5. The summed E-state index contributed by atoms with van der Waals surface area (Å²) < 4.78 is 0. The average molecular weight is 343 g/mol. The number of carboxylic acid groups (broad SMARTS) is 1. The predicted molar refractivity (Wildman–Crippen MR) is 92.9 cm³/mol. The normalized spacial score (nSPS) is 36.3. The summed E-state index contributed by atoms with van der Waals surface area (Å²) in [6, 6.07) is 6.27. The van der Waals surface area contributed by atoms with Gasteiger partial charge in [-0.3, -0.25) is 9.59 Å². The van der Waals surface area contributed by atoms with Crippen LogP contribution in [0.5, 0.6) is 0 Å². The third-order valence-corrected chi connectivity index (χ3v) is 6.19. The molecule has 0 saturated heterocycles. The molecule has 3 aliphatic carbocycles. The number of fused-ring (bicyclic) bond motifs is 1. The third-order valence-electron chi connectivity index (χ3n) is 6.19. The Kier molecular flexibility index (Phi) is 4.36. The van der Waals surface area contributed by atoms with Crippen molar-refractivity contribution in [2.24, 2.45) is 23.7 Å². The molecule has 1 aromatic heterocycles. The Balaban J connectivity index is 1.24. The highest BCUT2D eigenvalue weighted by atomic mass is 16.4. The second kappa shape index (κ2) is 6.65. The molecule has 3 N–H and O–H groups in total. The third kappa shape index (κ3) is 3.48. The summed E-state index contributed by atoms with van der Waals surface area (Å²) in [6.07, 6.45) is 7.01. The summed E-state index contributed by atoms with van der Waals surface area (Å²) in [4.78, 5) is 28.1. The minimum atomic E-state index is -0.703. The zero-order valence-corrected chi connectivity index (χ0v) is 14.2. The van der Waals surface area contributed by atoms with Crippen molar-refractivity contribution >= 4 is 17.7 Å². The molecule has 0 unspecified atom stereocenters. The van der Waals surface area contributed by atoms with Gasteiger partial charge in [0.2, 0.25) is 5.91 Å². The highest BCUT2D eigenvalue weighted by Crippen LogP contribution is 2.55. The number of nitrogens with one attached hydrogen (secondary N) is 2. The van der Waals surface area contributed by atoms with E-state index in [2.05, 4.69) is 15.6 Å². The molecule has 0 spiro atoms. The van der Waals surface area contributed by atoms with Crippen molar-refractivity contribution < 1.29 is 14.7 Å². The van der Waals surface area contributed by atoms with Gasteiger partial charge in [-0.1, -0.05) is 6.07 Å².